The Labute approximate surface area is 172 Å². The molecule has 5 rings (SSSR count). The summed E-state index contributed by atoms with van der Waals surface area (Å²) in [6.07, 6.45) is 0. The van der Waals surface area contributed by atoms with E-state index in [1.54, 1.807) is 0 Å². The van der Waals surface area contributed by atoms with Gasteiger partial charge in [-0.3, -0.25) is 9.80 Å². The van der Waals surface area contributed by atoms with Crippen LogP contribution in [0.25, 0.3) is 11.0 Å². The molecular formula is C24H30N5+. The number of rotatable bonds is 2. The highest BCUT2D eigenvalue weighted by Crippen LogP contribution is 2.43. The lowest BCUT2D eigenvalue weighted by atomic mass is 10.1. The van der Waals surface area contributed by atoms with Crippen LogP contribution in [0.5, 0.6) is 0 Å². The summed E-state index contributed by atoms with van der Waals surface area (Å²) in [6.45, 7) is 17.0. The summed E-state index contributed by atoms with van der Waals surface area (Å²) in [5, 5.41) is 0. The SMILES string of the molecule is CCN1C2=Nc3n(CC)c4c(C)ccc(C)c4[n+]3CCN2c2c(C)ccc(C)c21. The molecule has 2 aromatic carbocycles. The first-order valence-electron chi connectivity index (χ1n) is 10.7. The molecule has 150 valence electrons. The molecule has 5 nitrogen and oxygen atoms in total. The Morgan fingerprint density at radius 1 is 0.862 bits per heavy atom. The van der Waals surface area contributed by atoms with Gasteiger partial charge in [-0.1, -0.05) is 24.3 Å². The fraction of sp³-hybridized carbons (Fsp3) is 0.417. The zero-order valence-electron chi connectivity index (χ0n) is 18.4. The van der Waals surface area contributed by atoms with E-state index in [4.69, 9.17) is 4.99 Å². The Balaban J connectivity index is 1.82. The fourth-order valence-corrected chi connectivity index (χ4v) is 5.17. The molecule has 3 heterocycles. The van der Waals surface area contributed by atoms with E-state index in [1.165, 1.54) is 44.7 Å². The van der Waals surface area contributed by atoms with Gasteiger partial charge in [0.1, 0.15) is 11.0 Å². The molecule has 0 radical (unpaired) electrons. The van der Waals surface area contributed by atoms with Crippen LogP contribution in [0.2, 0.25) is 0 Å². The van der Waals surface area contributed by atoms with Crippen molar-refractivity contribution in [2.24, 2.45) is 4.99 Å². The van der Waals surface area contributed by atoms with E-state index in [1.807, 2.05) is 0 Å². The van der Waals surface area contributed by atoms with Gasteiger partial charge in [0.2, 0.25) is 0 Å². The quantitative estimate of drug-likeness (QED) is 0.603. The molecule has 0 unspecified atom stereocenters. The molecule has 5 heteroatoms. The number of fused-ring (bicyclic) bond motifs is 6. The van der Waals surface area contributed by atoms with E-state index in [-0.39, 0.29) is 0 Å². The second-order valence-electron chi connectivity index (χ2n) is 8.30. The highest BCUT2D eigenvalue weighted by Gasteiger charge is 2.41. The maximum absolute atomic E-state index is 5.33. The molecule has 0 bridgehead atoms. The van der Waals surface area contributed by atoms with Gasteiger partial charge >= 0.3 is 5.95 Å². The van der Waals surface area contributed by atoms with E-state index in [9.17, 15) is 0 Å². The average Bonchev–Trinajstić information content (AvgIpc) is 3.13. The lowest BCUT2D eigenvalue weighted by molar-refractivity contribution is -0.655. The molecule has 3 aromatic rings. The van der Waals surface area contributed by atoms with Gasteiger partial charge < -0.3 is 0 Å². The largest absolute Gasteiger partial charge is 0.403 e. The maximum atomic E-state index is 5.33. The molecule has 0 fully saturated rings. The van der Waals surface area contributed by atoms with Crippen LogP contribution in [0.1, 0.15) is 36.1 Å². The molecule has 2 aliphatic heterocycles. The number of guanidine groups is 1. The number of aryl methyl sites for hydroxylation is 5. The van der Waals surface area contributed by atoms with Crippen molar-refractivity contribution in [3.8, 4) is 0 Å². The lowest BCUT2D eigenvalue weighted by Crippen LogP contribution is -2.42. The second-order valence-corrected chi connectivity index (χ2v) is 8.30. The lowest BCUT2D eigenvalue weighted by Gasteiger charge is -2.18. The second kappa shape index (κ2) is 6.34. The van der Waals surface area contributed by atoms with Gasteiger partial charge in [-0.05, 0) is 68.8 Å². The molecule has 2 aliphatic rings. The summed E-state index contributed by atoms with van der Waals surface area (Å²) >= 11 is 0. The van der Waals surface area contributed by atoms with E-state index in [2.05, 4.69) is 84.7 Å². The van der Waals surface area contributed by atoms with Crippen LogP contribution in [0.3, 0.4) is 0 Å². The van der Waals surface area contributed by atoms with Gasteiger partial charge in [0, 0.05) is 6.54 Å². The number of anilines is 2. The molecule has 0 aliphatic carbocycles. The number of hydrogen-bond donors (Lipinski definition) is 0. The van der Waals surface area contributed by atoms with Crippen molar-refractivity contribution in [3.63, 3.8) is 0 Å². The summed E-state index contributed by atoms with van der Waals surface area (Å²) in [5.74, 6) is 2.14. The van der Waals surface area contributed by atoms with E-state index in [0.717, 1.165) is 38.1 Å². The molecule has 1 aromatic heterocycles. The van der Waals surface area contributed by atoms with Crippen molar-refractivity contribution >= 4 is 34.3 Å². The summed E-state index contributed by atoms with van der Waals surface area (Å²) in [7, 11) is 0. The highest BCUT2D eigenvalue weighted by atomic mass is 15.5. The van der Waals surface area contributed by atoms with Crippen LogP contribution in [0.15, 0.2) is 29.3 Å². The smallest absolute Gasteiger partial charge is 0.296 e. The zero-order chi connectivity index (χ0) is 20.4. The standard InChI is InChI=1S/C24H30N5/c1-7-26-19-15(3)9-11-17(5)21(19)28-13-14-29-22-18(6)12-10-16(4)20(22)27(8-2)24(29)25-23(26)28/h9-12H,7-8,13-14H2,1-6H3/q+1. The fourth-order valence-electron chi connectivity index (χ4n) is 5.17. The molecule has 0 saturated carbocycles. The maximum Gasteiger partial charge on any atom is 0.403 e. The van der Waals surface area contributed by atoms with Crippen molar-refractivity contribution in [1.82, 2.24) is 4.57 Å². The molecule has 0 saturated heterocycles. The van der Waals surface area contributed by atoms with E-state index < -0.39 is 0 Å². The minimum atomic E-state index is 0.914. The summed E-state index contributed by atoms with van der Waals surface area (Å²) in [6, 6.07) is 8.95. The van der Waals surface area contributed by atoms with Crippen LogP contribution in [-0.4, -0.2) is 23.6 Å². The monoisotopic (exact) mass is 388 g/mol. The van der Waals surface area contributed by atoms with Crippen LogP contribution in [0, 0.1) is 27.7 Å². The summed E-state index contributed by atoms with van der Waals surface area (Å²) < 4.78 is 4.83. The molecule has 29 heavy (non-hydrogen) atoms. The number of aliphatic imine (C=N–C) groups is 1. The third kappa shape index (κ3) is 2.33. The zero-order valence-corrected chi connectivity index (χ0v) is 18.4. The number of benzene rings is 2. The van der Waals surface area contributed by atoms with Crippen molar-refractivity contribution < 1.29 is 4.57 Å². The minimum Gasteiger partial charge on any atom is -0.296 e. The molecular weight excluding hydrogens is 358 g/mol. The topological polar surface area (TPSA) is 27.6 Å². The minimum absolute atomic E-state index is 0.914. The molecule has 0 spiro atoms. The first-order valence-corrected chi connectivity index (χ1v) is 10.7. The van der Waals surface area contributed by atoms with Crippen molar-refractivity contribution in [2.75, 3.05) is 22.9 Å². The number of aromatic nitrogens is 2. The van der Waals surface area contributed by atoms with Gasteiger partial charge in [0.15, 0.2) is 0 Å². The van der Waals surface area contributed by atoms with Crippen molar-refractivity contribution in [2.45, 2.75) is 54.6 Å². The third-order valence-electron chi connectivity index (χ3n) is 6.53. The van der Waals surface area contributed by atoms with Gasteiger partial charge in [-0.2, -0.15) is 0 Å². The first kappa shape index (κ1) is 18.2. The Morgan fingerprint density at radius 3 is 2.21 bits per heavy atom. The van der Waals surface area contributed by atoms with Crippen LogP contribution < -0.4 is 14.4 Å². The highest BCUT2D eigenvalue weighted by molar-refractivity contribution is 6.18. The van der Waals surface area contributed by atoms with Crippen LogP contribution >= 0.6 is 0 Å². The number of hydrogen-bond acceptors (Lipinski definition) is 3. The molecule has 0 N–H and O–H groups in total. The Kier molecular flexibility index (Phi) is 3.99. The summed E-state index contributed by atoms with van der Waals surface area (Å²) in [4.78, 5) is 10.2. The Bertz CT molecular complexity index is 1180. The predicted octanol–water partition coefficient (Wildman–Crippen LogP) is 4.53. The molecule has 0 amide bonds. The van der Waals surface area contributed by atoms with Crippen LogP contribution in [-0.2, 0) is 13.1 Å². The van der Waals surface area contributed by atoms with E-state index in [0.29, 0.717) is 0 Å². The van der Waals surface area contributed by atoms with Crippen molar-refractivity contribution in [1.29, 1.82) is 0 Å². The van der Waals surface area contributed by atoms with Crippen molar-refractivity contribution in [3.05, 3.63) is 46.5 Å². The average molecular weight is 389 g/mol. The van der Waals surface area contributed by atoms with Crippen LogP contribution in [0.4, 0.5) is 17.3 Å². The molecule has 0 atom stereocenters. The number of nitrogens with zero attached hydrogens (tertiary/aromatic N) is 5. The predicted molar refractivity (Wildman–Crippen MR) is 121 cm³/mol. The van der Waals surface area contributed by atoms with Gasteiger partial charge in [-0.25, -0.2) is 9.13 Å². The summed E-state index contributed by atoms with van der Waals surface area (Å²) in [5.41, 5.74) is 10.6. The first-order chi connectivity index (χ1) is 14.0. The third-order valence-corrected chi connectivity index (χ3v) is 6.53. The Hall–Kier alpha value is -2.82. The van der Waals surface area contributed by atoms with Gasteiger partial charge in [0.25, 0.3) is 5.96 Å². The number of imidazole rings is 1. The Morgan fingerprint density at radius 2 is 1.52 bits per heavy atom. The van der Waals surface area contributed by atoms with E-state index >= 15 is 0 Å². The normalized spacial score (nSPS) is 15.3. The van der Waals surface area contributed by atoms with Gasteiger partial charge in [-0.15, -0.1) is 0 Å². The van der Waals surface area contributed by atoms with Gasteiger partial charge in [0.05, 0.1) is 31.0 Å².